The third kappa shape index (κ3) is 2.19. The van der Waals surface area contributed by atoms with E-state index in [9.17, 15) is 9.59 Å². The summed E-state index contributed by atoms with van der Waals surface area (Å²) in [5.74, 6) is -0.377. The highest BCUT2D eigenvalue weighted by Crippen LogP contribution is 2.20. The summed E-state index contributed by atoms with van der Waals surface area (Å²) in [5.41, 5.74) is 1.12. The van der Waals surface area contributed by atoms with Gasteiger partial charge in [-0.05, 0) is 6.42 Å². The summed E-state index contributed by atoms with van der Waals surface area (Å²) in [5, 5.41) is 12.0. The van der Waals surface area contributed by atoms with Crippen LogP contribution < -0.4 is 5.32 Å². The van der Waals surface area contributed by atoms with Crippen LogP contribution in [0.3, 0.4) is 0 Å². The minimum atomic E-state index is -0.210. The van der Waals surface area contributed by atoms with Crippen LogP contribution in [0.4, 0.5) is 0 Å². The maximum atomic E-state index is 12.2. The van der Waals surface area contributed by atoms with Crippen molar-refractivity contribution in [2.24, 2.45) is 0 Å². The Hall–Kier alpha value is -1.94. The number of hydrogen-bond acceptors (Lipinski definition) is 4. The number of aliphatic hydroxyl groups is 1. The Bertz CT molecular complexity index is 516. The van der Waals surface area contributed by atoms with E-state index in [0.29, 0.717) is 17.5 Å². The quantitative estimate of drug-likeness (QED) is 0.839. The standard InChI is InChI=1S/C14H15NO3/c1-2-9(8-16)15-12-7-13(17)10-5-3-4-6-11(10)14(12)18/h3-7,9,15-16H,2,8H2,1H3. The third-order valence-corrected chi connectivity index (χ3v) is 3.03. The molecule has 0 spiro atoms. The fourth-order valence-corrected chi connectivity index (χ4v) is 1.92. The zero-order valence-electron chi connectivity index (χ0n) is 10.1. The Balaban J connectivity index is 2.31. The molecule has 0 fully saturated rings. The number of aliphatic hydroxyl groups excluding tert-OH is 1. The molecule has 4 nitrogen and oxygen atoms in total. The molecule has 0 aromatic heterocycles. The topological polar surface area (TPSA) is 66.4 Å². The van der Waals surface area contributed by atoms with Crippen molar-refractivity contribution in [1.82, 2.24) is 5.32 Å². The molecule has 1 unspecified atom stereocenters. The van der Waals surface area contributed by atoms with Gasteiger partial charge < -0.3 is 10.4 Å². The van der Waals surface area contributed by atoms with Gasteiger partial charge in [0.2, 0.25) is 5.78 Å². The molecule has 0 amide bonds. The lowest BCUT2D eigenvalue weighted by molar-refractivity contribution is 0.0974. The second-order valence-corrected chi connectivity index (χ2v) is 4.23. The summed E-state index contributed by atoms with van der Waals surface area (Å²) in [7, 11) is 0. The van der Waals surface area contributed by atoms with E-state index < -0.39 is 0 Å². The van der Waals surface area contributed by atoms with E-state index in [1.807, 2.05) is 6.92 Å². The van der Waals surface area contributed by atoms with E-state index in [2.05, 4.69) is 5.32 Å². The van der Waals surface area contributed by atoms with Gasteiger partial charge in [0.1, 0.15) is 0 Å². The monoisotopic (exact) mass is 245 g/mol. The van der Waals surface area contributed by atoms with Crippen LogP contribution in [0, 0.1) is 0 Å². The van der Waals surface area contributed by atoms with E-state index in [0.717, 1.165) is 0 Å². The number of rotatable bonds is 4. The first-order chi connectivity index (χ1) is 8.67. The van der Waals surface area contributed by atoms with E-state index >= 15 is 0 Å². The average molecular weight is 245 g/mol. The number of benzene rings is 1. The summed E-state index contributed by atoms with van der Waals surface area (Å²) >= 11 is 0. The first-order valence-corrected chi connectivity index (χ1v) is 5.94. The molecule has 0 aliphatic heterocycles. The van der Waals surface area contributed by atoms with Gasteiger partial charge in [0, 0.05) is 23.2 Å². The minimum absolute atomic E-state index is 0.0725. The molecule has 1 aliphatic rings. The number of fused-ring (bicyclic) bond motifs is 1. The Morgan fingerprint density at radius 3 is 2.50 bits per heavy atom. The van der Waals surface area contributed by atoms with Gasteiger partial charge in [0.05, 0.1) is 12.3 Å². The maximum Gasteiger partial charge on any atom is 0.209 e. The molecule has 94 valence electrons. The molecule has 1 aromatic rings. The molecule has 1 aromatic carbocycles. The van der Waals surface area contributed by atoms with Crippen molar-refractivity contribution in [1.29, 1.82) is 0 Å². The average Bonchev–Trinajstić information content (AvgIpc) is 2.41. The van der Waals surface area contributed by atoms with Crippen LogP contribution in [0.15, 0.2) is 36.0 Å². The van der Waals surface area contributed by atoms with Gasteiger partial charge in [-0.15, -0.1) is 0 Å². The highest BCUT2D eigenvalue weighted by molar-refractivity contribution is 6.24. The van der Waals surface area contributed by atoms with E-state index in [1.165, 1.54) is 6.08 Å². The van der Waals surface area contributed by atoms with Crippen molar-refractivity contribution >= 4 is 11.6 Å². The highest BCUT2D eigenvalue weighted by atomic mass is 16.3. The molecule has 0 bridgehead atoms. The molecule has 1 atom stereocenters. The number of ketones is 2. The van der Waals surface area contributed by atoms with Gasteiger partial charge in [0.25, 0.3) is 0 Å². The van der Waals surface area contributed by atoms with Gasteiger partial charge in [-0.1, -0.05) is 31.2 Å². The van der Waals surface area contributed by atoms with Crippen LogP contribution in [-0.2, 0) is 0 Å². The fourth-order valence-electron chi connectivity index (χ4n) is 1.92. The predicted octanol–water partition coefficient (Wildman–Crippen LogP) is 1.31. The molecule has 0 radical (unpaired) electrons. The van der Waals surface area contributed by atoms with Crippen molar-refractivity contribution in [3.63, 3.8) is 0 Å². The van der Waals surface area contributed by atoms with E-state index in [4.69, 9.17) is 5.11 Å². The molecule has 2 N–H and O–H groups in total. The number of hydrogen-bond donors (Lipinski definition) is 2. The van der Waals surface area contributed by atoms with Crippen LogP contribution in [0.5, 0.6) is 0 Å². The lowest BCUT2D eigenvalue weighted by atomic mass is 9.92. The molecular weight excluding hydrogens is 230 g/mol. The van der Waals surface area contributed by atoms with E-state index in [1.54, 1.807) is 24.3 Å². The Kier molecular flexibility index (Phi) is 3.58. The summed E-state index contributed by atoms with van der Waals surface area (Å²) in [6.45, 7) is 1.83. The van der Waals surface area contributed by atoms with Crippen LogP contribution in [-0.4, -0.2) is 29.3 Å². The number of nitrogens with one attached hydrogen (secondary N) is 1. The molecule has 4 heteroatoms. The molecule has 0 saturated heterocycles. The lowest BCUT2D eigenvalue weighted by Crippen LogP contribution is -2.36. The van der Waals surface area contributed by atoms with E-state index in [-0.39, 0.29) is 29.9 Å². The van der Waals surface area contributed by atoms with Gasteiger partial charge in [-0.25, -0.2) is 0 Å². The van der Waals surface area contributed by atoms with Crippen LogP contribution in [0.25, 0.3) is 0 Å². The minimum Gasteiger partial charge on any atom is -0.394 e. The van der Waals surface area contributed by atoms with Gasteiger partial charge in [-0.3, -0.25) is 9.59 Å². The van der Waals surface area contributed by atoms with Crippen LogP contribution in [0.2, 0.25) is 0 Å². The highest BCUT2D eigenvalue weighted by Gasteiger charge is 2.25. The fraction of sp³-hybridized carbons (Fsp3) is 0.286. The summed E-state index contributed by atoms with van der Waals surface area (Å²) in [4.78, 5) is 24.0. The number of carbonyl (C=O) groups excluding carboxylic acids is 2. The van der Waals surface area contributed by atoms with Crippen molar-refractivity contribution in [3.8, 4) is 0 Å². The number of allylic oxidation sites excluding steroid dienone is 2. The van der Waals surface area contributed by atoms with Gasteiger partial charge in [0.15, 0.2) is 5.78 Å². The molecule has 0 heterocycles. The number of Topliss-reactive ketones (excluding diaryl/α,β-unsaturated/α-hetero) is 1. The molecule has 2 rings (SSSR count). The summed E-state index contributed by atoms with van der Waals surface area (Å²) < 4.78 is 0. The smallest absolute Gasteiger partial charge is 0.209 e. The first-order valence-electron chi connectivity index (χ1n) is 5.94. The van der Waals surface area contributed by atoms with Crippen molar-refractivity contribution in [2.75, 3.05) is 6.61 Å². The largest absolute Gasteiger partial charge is 0.394 e. The van der Waals surface area contributed by atoms with Crippen LogP contribution >= 0.6 is 0 Å². The summed E-state index contributed by atoms with van der Waals surface area (Å²) in [6.07, 6.45) is 1.99. The Morgan fingerprint density at radius 2 is 1.89 bits per heavy atom. The van der Waals surface area contributed by atoms with Crippen molar-refractivity contribution in [3.05, 3.63) is 47.2 Å². The Morgan fingerprint density at radius 1 is 1.22 bits per heavy atom. The van der Waals surface area contributed by atoms with Crippen molar-refractivity contribution < 1.29 is 14.7 Å². The van der Waals surface area contributed by atoms with Gasteiger partial charge in [-0.2, -0.15) is 0 Å². The van der Waals surface area contributed by atoms with Crippen LogP contribution in [0.1, 0.15) is 34.1 Å². The predicted molar refractivity (Wildman–Crippen MR) is 67.5 cm³/mol. The zero-order valence-corrected chi connectivity index (χ0v) is 10.1. The molecule has 0 saturated carbocycles. The molecular formula is C14H15NO3. The molecule has 1 aliphatic carbocycles. The lowest BCUT2D eigenvalue weighted by Gasteiger charge is -2.20. The maximum absolute atomic E-state index is 12.2. The number of carbonyl (C=O) groups is 2. The van der Waals surface area contributed by atoms with Gasteiger partial charge >= 0.3 is 0 Å². The SMILES string of the molecule is CCC(CO)NC1=CC(=O)c2ccccc2C1=O. The van der Waals surface area contributed by atoms with Crippen molar-refractivity contribution in [2.45, 2.75) is 19.4 Å². The molecule has 18 heavy (non-hydrogen) atoms. The second-order valence-electron chi connectivity index (χ2n) is 4.23. The Labute approximate surface area is 105 Å². The normalized spacial score (nSPS) is 16.0. The zero-order chi connectivity index (χ0) is 13.1. The third-order valence-electron chi connectivity index (χ3n) is 3.03. The first kappa shape index (κ1) is 12.5. The summed E-state index contributed by atoms with van der Waals surface area (Å²) in [6, 6.07) is 6.55. The second kappa shape index (κ2) is 5.14.